The minimum Gasteiger partial charge on any atom is -0.354 e. The molecule has 2 aromatic heterocycles. The smallest absolute Gasteiger partial charge is 0.263 e. The first kappa shape index (κ1) is 19.6. The number of para-hydroxylation sites is 1. The van der Waals surface area contributed by atoms with Crippen molar-refractivity contribution < 1.29 is 0 Å². The molecule has 1 unspecified atom stereocenters. The second-order valence-corrected chi connectivity index (χ2v) is 8.08. The summed E-state index contributed by atoms with van der Waals surface area (Å²) in [4.78, 5) is 25.0. The van der Waals surface area contributed by atoms with Crippen molar-refractivity contribution in [3.05, 3.63) is 46.9 Å². The Kier molecular flexibility index (Phi) is 5.64. The SMILES string of the molecule is CC(C)C(CNc1nc2c(cnn2-c2ccccc2)c(=O)[nH]1)N1CCN(C)CC1. The van der Waals surface area contributed by atoms with E-state index in [0.29, 0.717) is 28.9 Å². The van der Waals surface area contributed by atoms with Crippen LogP contribution in [0.1, 0.15) is 13.8 Å². The van der Waals surface area contributed by atoms with Crippen LogP contribution in [0, 0.1) is 5.92 Å². The molecule has 1 aromatic carbocycles. The van der Waals surface area contributed by atoms with Gasteiger partial charge in [-0.05, 0) is 25.1 Å². The van der Waals surface area contributed by atoms with Gasteiger partial charge in [-0.1, -0.05) is 32.0 Å². The third-order valence-electron chi connectivity index (χ3n) is 5.69. The number of nitrogens with zero attached hydrogens (tertiary/aromatic N) is 5. The molecule has 0 saturated carbocycles. The summed E-state index contributed by atoms with van der Waals surface area (Å²) in [5.74, 6) is 0.983. The Bertz CT molecular complexity index is 1000. The number of aromatic nitrogens is 4. The summed E-state index contributed by atoms with van der Waals surface area (Å²) in [6.07, 6.45) is 1.57. The maximum Gasteiger partial charge on any atom is 0.263 e. The molecular formula is C21H29N7O. The number of fused-ring (bicyclic) bond motifs is 1. The molecule has 8 nitrogen and oxygen atoms in total. The Morgan fingerprint density at radius 2 is 1.86 bits per heavy atom. The van der Waals surface area contributed by atoms with E-state index in [1.165, 1.54) is 0 Å². The summed E-state index contributed by atoms with van der Waals surface area (Å²) in [5.41, 5.74) is 1.26. The summed E-state index contributed by atoms with van der Waals surface area (Å²) in [7, 11) is 2.17. The third kappa shape index (κ3) is 4.18. The number of hydrogen-bond donors (Lipinski definition) is 2. The maximum absolute atomic E-state index is 12.6. The summed E-state index contributed by atoms with van der Waals surface area (Å²) in [5, 5.41) is 8.22. The summed E-state index contributed by atoms with van der Waals surface area (Å²) >= 11 is 0. The van der Waals surface area contributed by atoms with E-state index in [4.69, 9.17) is 0 Å². The van der Waals surface area contributed by atoms with Gasteiger partial charge in [0.15, 0.2) is 5.65 Å². The van der Waals surface area contributed by atoms with Crippen LogP contribution in [-0.4, -0.2) is 75.4 Å². The predicted octanol–water partition coefficient (Wildman–Crippen LogP) is 1.79. The van der Waals surface area contributed by atoms with Gasteiger partial charge in [0.2, 0.25) is 5.95 Å². The van der Waals surface area contributed by atoms with Crippen molar-refractivity contribution >= 4 is 17.0 Å². The molecule has 0 amide bonds. The van der Waals surface area contributed by atoms with Crippen LogP contribution in [0.15, 0.2) is 41.3 Å². The van der Waals surface area contributed by atoms with E-state index < -0.39 is 0 Å². The third-order valence-corrected chi connectivity index (χ3v) is 5.69. The molecule has 0 radical (unpaired) electrons. The van der Waals surface area contributed by atoms with Crippen molar-refractivity contribution in [1.29, 1.82) is 0 Å². The predicted molar refractivity (Wildman–Crippen MR) is 116 cm³/mol. The fourth-order valence-electron chi connectivity index (χ4n) is 3.90. The second-order valence-electron chi connectivity index (χ2n) is 8.08. The Morgan fingerprint density at radius 1 is 1.14 bits per heavy atom. The number of benzene rings is 1. The molecule has 1 aliphatic rings. The molecule has 0 spiro atoms. The van der Waals surface area contributed by atoms with Gasteiger partial charge in [-0.2, -0.15) is 10.1 Å². The van der Waals surface area contributed by atoms with Crippen LogP contribution in [0.3, 0.4) is 0 Å². The Hall–Kier alpha value is -2.71. The van der Waals surface area contributed by atoms with Crippen molar-refractivity contribution in [2.45, 2.75) is 19.9 Å². The Morgan fingerprint density at radius 3 is 2.55 bits per heavy atom. The van der Waals surface area contributed by atoms with Crippen molar-refractivity contribution in [2.75, 3.05) is 45.1 Å². The van der Waals surface area contributed by atoms with Crippen molar-refractivity contribution in [2.24, 2.45) is 5.92 Å². The number of piperazine rings is 1. The van der Waals surface area contributed by atoms with E-state index in [1.54, 1.807) is 10.9 Å². The minimum atomic E-state index is -0.180. The van der Waals surface area contributed by atoms with E-state index >= 15 is 0 Å². The topological polar surface area (TPSA) is 82.1 Å². The van der Waals surface area contributed by atoms with Crippen LogP contribution >= 0.6 is 0 Å². The molecule has 8 heteroatoms. The van der Waals surface area contributed by atoms with Crippen LogP contribution in [-0.2, 0) is 0 Å². The van der Waals surface area contributed by atoms with Crippen molar-refractivity contribution in [1.82, 2.24) is 29.5 Å². The fraction of sp³-hybridized carbons (Fsp3) is 0.476. The average Bonchev–Trinajstić information content (AvgIpc) is 3.14. The highest BCUT2D eigenvalue weighted by molar-refractivity contribution is 5.76. The lowest BCUT2D eigenvalue weighted by atomic mass is 10.0. The highest BCUT2D eigenvalue weighted by atomic mass is 16.1. The van der Waals surface area contributed by atoms with Gasteiger partial charge in [0.1, 0.15) is 5.39 Å². The normalized spacial score (nSPS) is 17.1. The maximum atomic E-state index is 12.6. The Labute approximate surface area is 170 Å². The van der Waals surface area contributed by atoms with Gasteiger partial charge in [0, 0.05) is 38.8 Å². The van der Waals surface area contributed by atoms with Gasteiger partial charge >= 0.3 is 0 Å². The molecule has 3 heterocycles. The molecule has 29 heavy (non-hydrogen) atoms. The van der Waals surface area contributed by atoms with Crippen LogP contribution in [0.5, 0.6) is 0 Å². The van der Waals surface area contributed by atoms with Gasteiger partial charge in [-0.25, -0.2) is 4.68 Å². The summed E-state index contributed by atoms with van der Waals surface area (Å²) in [6.45, 7) is 9.51. The number of likely N-dealkylation sites (N-methyl/N-ethyl adjacent to an activating group) is 1. The highest BCUT2D eigenvalue weighted by Crippen LogP contribution is 2.16. The van der Waals surface area contributed by atoms with Gasteiger partial charge in [0.05, 0.1) is 11.9 Å². The first-order valence-electron chi connectivity index (χ1n) is 10.2. The largest absolute Gasteiger partial charge is 0.354 e. The van der Waals surface area contributed by atoms with Crippen LogP contribution in [0.2, 0.25) is 0 Å². The number of rotatable bonds is 6. The molecule has 0 aliphatic carbocycles. The van der Waals surface area contributed by atoms with Gasteiger partial charge in [-0.15, -0.1) is 0 Å². The first-order chi connectivity index (χ1) is 14.0. The standard InChI is InChI=1S/C21H29N7O/c1-15(2)18(27-11-9-26(3)10-12-27)14-22-21-24-19-17(20(29)25-21)13-23-28(19)16-7-5-4-6-8-16/h4-8,13,15,18H,9-12,14H2,1-3H3,(H2,22,24,25,29). The van der Waals surface area contributed by atoms with Gasteiger partial charge in [0.25, 0.3) is 5.56 Å². The molecule has 2 N–H and O–H groups in total. The molecular weight excluding hydrogens is 366 g/mol. The monoisotopic (exact) mass is 395 g/mol. The summed E-state index contributed by atoms with van der Waals surface area (Å²) < 4.78 is 1.70. The number of hydrogen-bond acceptors (Lipinski definition) is 6. The van der Waals surface area contributed by atoms with Crippen molar-refractivity contribution in [3.8, 4) is 5.69 Å². The zero-order valence-electron chi connectivity index (χ0n) is 17.3. The van der Waals surface area contributed by atoms with Crippen LogP contribution in [0.4, 0.5) is 5.95 Å². The van der Waals surface area contributed by atoms with Crippen LogP contribution in [0.25, 0.3) is 16.7 Å². The zero-order chi connectivity index (χ0) is 20.4. The lowest BCUT2D eigenvalue weighted by Gasteiger charge is -2.39. The summed E-state index contributed by atoms with van der Waals surface area (Å²) in [6, 6.07) is 10.1. The van der Waals surface area contributed by atoms with E-state index in [9.17, 15) is 4.79 Å². The molecule has 0 bridgehead atoms. The zero-order valence-corrected chi connectivity index (χ0v) is 17.3. The number of anilines is 1. The lowest BCUT2D eigenvalue weighted by molar-refractivity contribution is 0.0943. The van der Waals surface area contributed by atoms with E-state index in [1.807, 2.05) is 30.3 Å². The average molecular weight is 396 g/mol. The molecule has 154 valence electrons. The first-order valence-corrected chi connectivity index (χ1v) is 10.2. The van der Waals surface area contributed by atoms with E-state index in [0.717, 1.165) is 38.4 Å². The molecule has 1 saturated heterocycles. The molecule has 1 atom stereocenters. The Balaban J connectivity index is 1.57. The quantitative estimate of drug-likeness (QED) is 0.662. The molecule has 3 aromatic rings. The molecule has 1 aliphatic heterocycles. The van der Waals surface area contributed by atoms with Crippen molar-refractivity contribution in [3.63, 3.8) is 0 Å². The fourth-order valence-corrected chi connectivity index (χ4v) is 3.90. The number of aromatic amines is 1. The molecule has 4 rings (SSSR count). The lowest BCUT2D eigenvalue weighted by Crippen LogP contribution is -2.52. The van der Waals surface area contributed by atoms with Gasteiger partial charge < -0.3 is 10.2 Å². The number of nitrogens with one attached hydrogen (secondary N) is 2. The highest BCUT2D eigenvalue weighted by Gasteiger charge is 2.25. The van der Waals surface area contributed by atoms with Gasteiger partial charge in [-0.3, -0.25) is 14.7 Å². The van der Waals surface area contributed by atoms with Crippen LogP contribution < -0.4 is 10.9 Å². The number of H-pyrrole nitrogens is 1. The van der Waals surface area contributed by atoms with E-state index in [-0.39, 0.29) is 5.56 Å². The second kappa shape index (κ2) is 8.34. The minimum absolute atomic E-state index is 0.180. The van der Waals surface area contributed by atoms with E-state index in [2.05, 4.69) is 51.1 Å². The molecule has 1 fully saturated rings.